The molecule has 1 N–H and O–H groups in total. The number of carbonyl (C=O) groups excluding carboxylic acids is 1. The van der Waals surface area contributed by atoms with Gasteiger partial charge in [0.2, 0.25) is 0 Å². The van der Waals surface area contributed by atoms with Gasteiger partial charge >= 0.3 is 6.18 Å². The number of para-hydroxylation sites is 1. The number of ether oxygens (including phenoxy) is 1. The van der Waals surface area contributed by atoms with Crippen molar-refractivity contribution in [3.8, 4) is 16.3 Å². The molecule has 0 spiro atoms. The second kappa shape index (κ2) is 9.27. The lowest BCUT2D eigenvalue weighted by Gasteiger charge is -2.14. The van der Waals surface area contributed by atoms with Crippen LogP contribution < -0.4 is 10.1 Å². The largest absolute Gasteiger partial charge is 0.488 e. The summed E-state index contributed by atoms with van der Waals surface area (Å²) < 4.78 is 50.6. The summed E-state index contributed by atoms with van der Waals surface area (Å²) in [5, 5.41) is 4.86. The third-order valence-electron chi connectivity index (χ3n) is 4.56. The zero-order chi connectivity index (χ0) is 22.6. The van der Waals surface area contributed by atoms with Crippen molar-refractivity contribution in [3.63, 3.8) is 0 Å². The van der Waals surface area contributed by atoms with Crippen molar-refractivity contribution >= 4 is 17.2 Å². The number of hydrogen-bond donors (Lipinski definition) is 1. The van der Waals surface area contributed by atoms with E-state index in [9.17, 15) is 18.0 Å². The molecule has 2 aromatic carbocycles. The Hall–Kier alpha value is -3.59. The van der Waals surface area contributed by atoms with E-state index in [0.29, 0.717) is 22.1 Å². The SMILES string of the molecule is O=C(NCc1ccco1)c1csc(-c2ccccc2OCc2ccccc2C(F)(F)F)n1. The number of carbonyl (C=O) groups is 1. The normalized spacial score (nSPS) is 11.3. The molecule has 0 saturated heterocycles. The number of hydrogen-bond acceptors (Lipinski definition) is 5. The number of amides is 1. The number of benzene rings is 2. The van der Waals surface area contributed by atoms with Crippen molar-refractivity contribution in [2.24, 2.45) is 0 Å². The third-order valence-corrected chi connectivity index (χ3v) is 5.44. The van der Waals surface area contributed by atoms with Crippen LogP contribution in [0.4, 0.5) is 13.2 Å². The predicted octanol–water partition coefficient (Wildman–Crippen LogP) is 5.93. The van der Waals surface area contributed by atoms with Crippen molar-refractivity contribution in [3.05, 3.63) is 94.9 Å². The van der Waals surface area contributed by atoms with Crippen LogP contribution in [0.1, 0.15) is 27.4 Å². The molecule has 164 valence electrons. The van der Waals surface area contributed by atoms with E-state index in [1.54, 1.807) is 41.8 Å². The minimum absolute atomic E-state index is 0.0342. The molecule has 0 fully saturated rings. The van der Waals surface area contributed by atoms with E-state index in [1.165, 1.54) is 35.8 Å². The number of furan rings is 1. The van der Waals surface area contributed by atoms with E-state index in [0.717, 1.165) is 6.07 Å². The minimum atomic E-state index is -4.47. The number of halogens is 3. The zero-order valence-electron chi connectivity index (χ0n) is 16.6. The van der Waals surface area contributed by atoms with Gasteiger partial charge < -0.3 is 14.5 Å². The fourth-order valence-electron chi connectivity index (χ4n) is 3.02. The molecule has 0 aliphatic rings. The van der Waals surface area contributed by atoms with Crippen LogP contribution in [-0.2, 0) is 19.3 Å². The first-order valence-corrected chi connectivity index (χ1v) is 10.4. The Labute approximate surface area is 185 Å². The Balaban J connectivity index is 1.49. The van der Waals surface area contributed by atoms with Crippen LogP contribution in [0.3, 0.4) is 0 Å². The van der Waals surface area contributed by atoms with E-state index in [1.807, 2.05) is 0 Å². The molecule has 4 aromatic rings. The van der Waals surface area contributed by atoms with Crippen LogP contribution in [0, 0.1) is 0 Å². The van der Waals surface area contributed by atoms with E-state index >= 15 is 0 Å². The van der Waals surface area contributed by atoms with Gasteiger partial charge in [0.15, 0.2) is 0 Å². The van der Waals surface area contributed by atoms with Crippen LogP contribution in [0.5, 0.6) is 5.75 Å². The second-order valence-electron chi connectivity index (χ2n) is 6.74. The molecule has 1 amide bonds. The number of rotatable bonds is 7. The fourth-order valence-corrected chi connectivity index (χ4v) is 3.85. The molecular weight excluding hydrogens is 441 g/mol. The monoisotopic (exact) mass is 458 g/mol. The van der Waals surface area contributed by atoms with E-state index < -0.39 is 11.7 Å². The van der Waals surface area contributed by atoms with Gasteiger partial charge in [-0.1, -0.05) is 30.3 Å². The van der Waals surface area contributed by atoms with Crippen LogP contribution >= 0.6 is 11.3 Å². The van der Waals surface area contributed by atoms with Crippen molar-refractivity contribution in [1.82, 2.24) is 10.3 Å². The Morgan fingerprint density at radius 2 is 1.84 bits per heavy atom. The molecule has 0 radical (unpaired) electrons. The standard InChI is InChI=1S/C23H17F3N2O3S/c24-23(25,26)18-9-3-1-6-15(18)13-31-20-10-4-2-8-17(20)22-28-19(14-32-22)21(29)27-12-16-7-5-11-30-16/h1-11,14H,12-13H2,(H,27,29). The molecule has 0 saturated carbocycles. The highest BCUT2D eigenvalue weighted by atomic mass is 32.1. The summed E-state index contributed by atoms with van der Waals surface area (Å²) in [5.74, 6) is 0.634. The van der Waals surface area contributed by atoms with Gasteiger partial charge in [-0.2, -0.15) is 13.2 Å². The number of aromatic nitrogens is 1. The topological polar surface area (TPSA) is 64.4 Å². The summed E-state index contributed by atoms with van der Waals surface area (Å²) in [4.78, 5) is 16.7. The summed E-state index contributed by atoms with van der Waals surface area (Å²) in [5.41, 5.74) is 0.120. The van der Waals surface area contributed by atoms with Crippen molar-refractivity contribution in [2.45, 2.75) is 19.3 Å². The molecule has 0 aliphatic heterocycles. The van der Waals surface area contributed by atoms with Crippen LogP contribution in [0.2, 0.25) is 0 Å². The molecule has 0 unspecified atom stereocenters. The average molecular weight is 458 g/mol. The molecule has 2 heterocycles. The number of nitrogens with zero attached hydrogens (tertiary/aromatic N) is 1. The summed E-state index contributed by atoms with van der Waals surface area (Å²) in [6.07, 6.45) is -2.95. The van der Waals surface area contributed by atoms with E-state index in [4.69, 9.17) is 9.15 Å². The van der Waals surface area contributed by atoms with Gasteiger partial charge in [-0.15, -0.1) is 11.3 Å². The van der Waals surface area contributed by atoms with Gasteiger partial charge in [-0.3, -0.25) is 4.79 Å². The molecule has 0 aliphatic carbocycles. The van der Waals surface area contributed by atoms with Crippen molar-refractivity contribution in [1.29, 1.82) is 0 Å². The maximum Gasteiger partial charge on any atom is 0.416 e. The molecular formula is C23H17F3N2O3S. The summed E-state index contributed by atoms with van der Waals surface area (Å²) >= 11 is 1.24. The molecule has 32 heavy (non-hydrogen) atoms. The van der Waals surface area contributed by atoms with Gasteiger partial charge in [-0.05, 0) is 30.3 Å². The van der Waals surface area contributed by atoms with Gasteiger partial charge in [-0.25, -0.2) is 4.98 Å². The van der Waals surface area contributed by atoms with Gasteiger partial charge in [0.05, 0.1) is 23.9 Å². The van der Waals surface area contributed by atoms with Crippen molar-refractivity contribution in [2.75, 3.05) is 0 Å². The lowest BCUT2D eigenvalue weighted by Crippen LogP contribution is -2.22. The highest BCUT2D eigenvalue weighted by Crippen LogP contribution is 2.35. The van der Waals surface area contributed by atoms with Crippen LogP contribution in [0.15, 0.2) is 76.7 Å². The van der Waals surface area contributed by atoms with Crippen LogP contribution in [0.25, 0.3) is 10.6 Å². The fraction of sp³-hybridized carbons (Fsp3) is 0.130. The zero-order valence-corrected chi connectivity index (χ0v) is 17.4. The van der Waals surface area contributed by atoms with Gasteiger partial charge in [0, 0.05) is 10.9 Å². The smallest absolute Gasteiger partial charge is 0.416 e. The highest BCUT2D eigenvalue weighted by molar-refractivity contribution is 7.13. The maximum atomic E-state index is 13.2. The third kappa shape index (κ3) is 5.00. The number of alkyl halides is 3. The number of nitrogens with one attached hydrogen (secondary N) is 1. The summed E-state index contributed by atoms with van der Waals surface area (Å²) in [6.45, 7) is -0.0223. The Morgan fingerprint density at radius 1 is 1.06 bits per heavy atom. The average Bonchev–Trinajstić information content (AvgIpc) is 3.48. The second-order valence-corrected chi connectivity index (χ2v) is 7.60. The van der Waals surface area contributed by atoms with E-state index in [-0.39, 0.29) is 30.3 Å². The molecule has 2 aromatic heterocycles. The molecule has 9 heteroatoms. The predicted molar refractivity (Wildman–Crippen MR) is 113 cm³/mol. The lowest BCUT2D eigenvalue weighted by molar-refractivity contribution is -0.138. The minimum Gasteiger partial charge on any atom is -0.488 e. The van der Waals surface area contributed by atoms with Gasteiger partial charge in [0.1, 0.15) is 28.8 Å². The molecule has 0 bridgehead atoms. The Kier molecular flexibility index (Phi) is 6.27. The first-order chi connectivity index (χ1) is 15.4. The van der Waals surface area contributed by atoms with E-state index in [2.05, 4.69) is 10.3 Å². The lowest BCUT2D eigenvalue weighted by atomic mass is 10.1. The number of thiazole rings is 1. The van der Waals surface area contributed by atoms with Gasteiger partial charge in [0.25, 0.3) is 5.91 Å². The van der Waals surface area contributed by atoms with Crippen molar-refractivity contribution < 1.29 is 27.1 Å². The quantitative estimate of drug-likeness (QED) is 0.373. The maximum absolute atomic E-state index is 13.2. The summed E-state index contributed by atoms with van der Waals surface area (Å²) in [7, 11) is 0. The molecule has 0 atom stereocenters. The molecule has 4 rings (SSSR count). The van der Waals surface area contributed by atoms with Crippen LogP contribution in [-0.4, -0.2) is 10.9 Å². The highest BCUT2D eigenvalue weighted by Gasteiger charge is 2.33. The Morgan fingerprint density at radius 3 is 2.62 bits per heavy atom. The molecule has 5 nitrogen and oxygen atoms in total. The Bertz CT molecular complexity index is 1200. The first kappa shape index (κ1) is 21.6. The first-order valence-electron chi connectivity index (χ1n) is 9.55. The summed E-state index contributed by atoms with van der Waals surface area (Å²) in [6, 6.07) is 15.7.